The SMILES string of the molecule is Nc1ncnc2c1c(-c1ccc(Oc3ccc(F)cc3)cc1)nn2C1CCN(C2CCNCC2)CC1. The van der Waals surface area contributed by atoms with Gasteiger partial charge in [-0.25, -0.2) is 19.0 Å². The molecule has 4 heterocycles. The van der Waals surface area contributed by atoms with Crippen LogP contribution in [0.15, 0.2) is 54.9 Å². The van der Waals surface area contributed by atoms with Gasteiger partial charge in [0.15, 0.2) is 5.65 Å². The predicted octanol–water partition coefficient (Wildman–Crippen LogP) is 4.40. The molecule has 0 amide bonds. The minimum absolute atomic E-state index is 0.273. The minimum atomic E-state index is -0.295. The van der Waals surface area contributed by atoms with E-state index in [1.807, 2.05) is 24.3 Å². The van der Waals surface area contributed by atoms with E-state index in [4.69, 9.17) is 15.6 Å². The van der Waals surface area contributed by atoms with Crippen LogP contribution in [0.4, 0.5) is 10.2 Å². The number of ether oxygens (including phenoxy) is 1. The van der Waals surface area contributed by atoms with Gasteiger partial charge in [0.1, 0.15) is 35.2 Å². The van der Waals surface area contributed by atoms with E-state index >= 15 is 0 Å². The molecular weight excluding hydrogens is 457 g/mol. The third-order valence-electron chi connectivity index (χ3n) is 7.37. The number of anilines is 1. The van der Waals surface area contributed by atoms with Crippen LogP contribution >= 0.6 is 0 Å². The standard InChI is InChI=1S/C27H30FN7O/c28-19-3-7-23(8-4-19)36-22-5-1-18(2-6-22)25-24-26(29)31-17-32-27(24)35(33-25)21-11-15-34(16-12-21)20-9-13-30-14-10-20/h1-8,17,20-21,30H,9-16H2,(H2,29,31,32). The van der Waals surface area contributed by atoms with Crippen molar-refractivity contribution in [3.63, 3.8) is 0 Å². The van der Waals surface area contributed by atoms with Crippen molar-refractivity contribution in [1.29, 1.82) is 0 Å². The summed E-state index contributed by atoms with van der Waals surface area (Å²) < 4.78 is 21.1. The number of benzene rings is 2. The van der Waals surface area contributed by atoms with Gasteiger partial charge in [-0.3, -0.25) is 0 Å². The van der Waals surface area contributed by atoms with Crippen molar-refractivity contribution in [3.8, 4) is 22.8 Å². The van der Waals surface area contributed by atoms with Crippen LogP contribution in [0.25, 0.3) is 22.3 Å². The largest absolute Gasteiger partial charge is 0.457 e. The molecule has 3 N–H and O–H groups in total. The summed E-state index contributed by atoms with van der Waals surface area (Å²) in [5.41, 5.74) is 8.80. The van der Waals surface area contributed by atoms with Crippen LogP contribution in [0.5, 0.6) is 11.5 Å². The van der Waals surface area contributed by atoms with Crippen LogP contribution in [0.3, 0.4) is 0 Å². The molecule has 0 spiro atoms. The Bertz CT molecular complexity index is 1330. The lowest BCUT2D eigenvalue weighted by Gasteiger charge is -2.39. The van der Waals surface area contributed by atoms with E-state index in [1.54, 1.807) is 12.1 Å². The molecule has 0 bridgehead atoms. The summed E-state index contributed by atoms with van der Waals surface area (Å²) in [7, 11) is 0. The summed E-state index contributed by atoms with van der Waals surface area (Å²) in [4.78, 5) is 11.5. The summed E-state index contributed by atoms with van der Waals surface area (Å²) in [6, 6.07) is 14.6. The molecule has 2 aliphatic rings. The Balaban J connectivity index is 1.25. The lowest BCUT2D eigenvalue weighted by atomic mass is 9.99. The van der Waals surface area contributed by atoms with Crippen molar-refractivity contribution in [2.24, 2.45) is 0 Å². The second-order valence-electron chi connectivity index (χ2n) is 9.58. The van der Waals surface area contributed by atoms with Crippen molar-refractivity contribution in [2.75, 3.05) is 31.9 Å². The van der Waals surface area contributed by atoms with E-state index in [0.717, 1.165) is 61.3 Å². The molecule has 8 nitrogen and oxygen atoms in total. The normalized spacial score (nSPS) is 18.0. The lowest BCUT2D eigenvalue weighted by molar-refractivity contribution is 0.111. The number of nitrogens with two attached hydrogens (primary N) is 1. The van der Waals surface area contributed by atoms with Crippen LogP contribution in [0, 0.1) is 5.82 Å². The van der Waals surface area contributed by atoms with Gasteiger partial charge in [0.25, 0.3) is 0 Å². The van der Waals surface area contributed by atoms with Crippen molar-refractivity contribution in [2.45, 2.75) is 37.8 Å². The van der Waals surface area contributed by atoms with Crippen LogP contribution in [0.2, 0.25) is 0 Å². The Morgan fingerprint density at radius 3 is 2.22 bits per heavy atom. The Hall–Kier alpha value is -3.56. The number of hydrogen-bond donors (Lipinski definition) is 2. The molecule has 36 heavy (non-hydrogen) atoms. The molecule has 0 unspecified atom stereocenters. The average molecular weight is 488 g/mol. The smallest absolute Gasteiger partial charge is 0.164 e. The molecule has 0 atom stereocenters. The number of nitrogen functional groups attached to an aromatic ring is 1. The average Bonchev–Trinajstić information content (AvgIpc) is 3.32. The number of rotatable bonds is 5. The van der Waals surface area contributed by atoms with E-state index in [9.17, 15) is 4.39 Å². The fourth-order valence-corrected chi connectivity index (χ4v) is 5.44. The maximum absolute atomic E-state index is 13.2. The molecule has 2 saturated heterocycles. The van der Waals surface area contributed by atoms with E-state index in [-0.39, 0.29) is 11.9 Å². The van der Waals surface area contributed by atoms with Gasteiger partial charge in [0.05, 0.1) is 11.4 Å². The molecule has 186 valence electrons. The quantitative estimate of drug-likeness (QED) is 0.431. The number of piperidine rings is 2. The third kappa shape index (κ3) is 4.52. The Morgan fingerprint density at radius 1 is 0.861 bits per heavy atom. The van der Waals surface area contributed by atoms with Gasteiger partial charge in [-0.05, 0) is 87.3 Å². The zero-order valence-electron chi connectivity index (χ0n) is 20.1. The molecular formula is C27H30FN7O. The highest BCUT2D eigenvalue weighted by Gasteiger charge is 2.29. The second-order valence-corrected chi connectivity index (χ2v) is 9.58. The molecule has 2 aromatic heterocycles. The maximum atomic E-state index is 13.2. The molecule has 2 fully saturated rings. The number of aromatic nitrogens is 4. The van der Waals surface area contributed by atoms with E-state index in [0.29, 0.717) is 23.4 Å². The summed E-state index contributed by atoms with van der Waals surface area (Å²) in [5.74, 6) is 1.37. The van der Waals surface area contributed by atoms with Gasteiger partial charge in [0, 0.05) is 24.7 Å². The molecule has 2 aromatic carbocycles. The Morgan fingerprint density at radius 2 is 1.53 bits per heavy atom. The van der Waals surface area contributed by atoms with Crippen molar-refractivity contribution < 1.29 is 9.13 Å². The third-order valence-corrected chi connectivity index (χ3v) is 7.37. The first-order valence-electron chi connectivity index (χ1n) is 12.6. The molecule has 0 saturated carbocycles. The Kier molecular flexibility index (Phi) is 6.25. The molecule has 4 aromatic rings. The topological polar surface area (TPSA) is 94.1 Å². The monoisotopic (exact) mass is 487 g/mol. The van der Waals surface area contributed by atoms with Crippen molar-refractivity contribution in [1.82, 2.24) is 30.0 Å². The summed E-state index contributed by atoms with van der Waals surface area (Å²) in [5, 5.41) is 9.27. The number of halogens is 1. The number of likely N-dealkylation sites (tertiary alicyclic amines) is 1. The molecule has 9 heteroatoms. The summed E-state index contributed by atoms with van der Waals surface area (Å²) in [6.45, 7) is 4.37. The number of nitrogens with one attached hydrogen (secondary N) is 1. The fourth-order valence-electron chi connectivity index (χ4n) is 5.44. The fraction of sp³-hybridized carbons (Fsp3) is 0.370. The van der Waals surface area contributed by atoms with Crippen LogP contribution in [-0.4, -0.2) is 56.9 Å². The Labute approximate surface area is 209 Å². The second kappa shape index (κ2) is 9.83. The van der Waals surface area contributed by atoms with Crippen molar-refractivity contribution >= 4 is 16.9 Å². The van der Waals surface area contributed by atoms with E-state index < -0.39 is 0 Å². The molecule has 0 aliphatic carbocycles. The number of hydrogen-bond acceptors (Lipinski definition) is 7. The van der Waals surface area contributed by atoms with Gasteiger partial charge < -0.3 is 20.7 Å². The van der Waals surface area contributed by atoms with E-state index in [1.165, 1.54) is 31.3 Å². The van der Waals surface area contributed by atoms with Gasteiger partial charge >= 0.3 is 0 Å². The molecule has 0 radical (unpaired) electrons. The highest BCUT2D eigenvalue weighted by atomic mass is 19.1. The highest BCUT2D eigenvalue weighted by molar-refractivity contribution is 5.98. The predicted molar refractivity (Wildman–Crippen MR) is 137 cm³/mol. The molecule has 2 aliphatic heterocycles. The number of fused-ring (bicyclic) bond motifs is 1. The maximum Gasteiger partial charge on any atom is 0.164 e. The van der Waals surface area contributed by atoms with E-state index in [2.05, 4.69) is 24.9 Å². The van der Waals surface area contributed by atoms with Gasteiger partial charge in [-0.1, -0.05) is 0 Å². The zero-order chi connectivity index (χ0) is 24.5. The molecule has 6 rings (SSSR count). The van der Waals surface area contributed by atoms with Crippen molar-refractivity contribution in [3.05, 3.63) is 60.7 Å². The van der Waals surface area contributed by atoms with Gasteiger partial charge in [-0.2, -0.15) is 5.10 Å². The summed E-state index contributed by atoms with van der Waals surface area (Å²) >= 11 is 0. The first kappa shape index (κ1) is 22.9. The van der Waals surface area contributed by atoms with Gasteiger partial charge in [-0.15, -0.1) is 0 Å². The highest BCUT2D eigenvalue weighted by Crippen LogP contribution is 2.35. The van der Waals surface area contributed by atoms with Gasteiger partial charge in [0.2, 0.25) is 0 Å². The lowest BCUT2D eigenvalue weighted by Crippen LogP contribution is -2.46. The summed E-state index contributed by atoms with van der Waals surface area (Å²) in [6.07, 6.45) is 6.04. The van der Waals surface area contributed by atoms with Crippen LogP contribution in [-0.2, 0) is 0 Å². The number of nitrogens with zero attached hydrogens (tertiary/aromatic N) is 5. The van der Waals surface area contributed by atoms with Crippen LogP contribution < -0.4 is 15.8 Å². The zero-order valence-corrected chi connectivity index (χ0v) is 20.1. The first-order chi connectivity index (χ1) is 17.7. The first-order valence-corrected chi connectivity index (χ1v) is 12.6. The minimum Gasteiger partial charge on any atom is -0.457 e. The van der Waals surface area contributed by atoms with Crippen LogP contribution in [0.1, 0.15) is 31.7 Å².